The summed E-state index contributed by atoms with van der Waals surface area (Å²) in [6.45, 7) is 2.46. The molecule has 1 rings (SSSR count). The Labute approximate surface area is 162 Å². The Morgan fingerprint density at radius 3 is 2.46 bits per heavy atom. The van der Waals surface area contributed by atoms with E-state index in [0.29, 0.717) is 0 Å². The maximum Gasteiger partial charge on any atom is 0.193 e. The molecule has 1 aromatic rings. The topological polar surface area (TPSA) is 55.3 Å². The van der Waals surface area contributed by atoms with Crippen LogP contribution in [0.4, 0.5) is 0 Å². The molecule has 0 amide bonds. The average molecular weight is 451 g/mol. The molecule has 24 heavy (non-hydrogen) atoms. The van der Waals surface area contributed by atoms with Crippen LogP contribution in [0.2, 0.25) is 0 Å². The van der Waals surface area contributed by atoms with Crippen molar-refractivity contribution in [2.75, 3.05) is 55.1 Å². The van der Waals surface area contributed by atoms with Crippen LogP contribution in [0.25, 0.3) is 0 Å². The van der Waals surface area contributed by atoms with E-state index in [0.717, 1.165) is 50.0 Å². The van der Waals surface area contributed by atoms with Crippen molar-refractivity contribution in [3.8, 4) is 11.5 Å². The number of ether oxygens (including phenoxy) is 3. The highest BCUT2D eigenvalue weighted by Gasteiger charge is 2.08. The summed E-state index contributed by atoms with van der Waals surface area (Å²) < 4.78 is 15.7. The second-order valence-corrected chi connectivity index (χ2v) is 5.18. The maximum absolute atomic E-state index is 5.34. The van der Waals surface area contributed by atoms with E-state index in [4.69, 9.17) is 14.2 Å². The number of nitrogens with one attached hydrogen (secondary N) is 1. The predicted octanol–water partition coefficient (Wildman–Crippen LogP) is 2.41. The van der Waals surface area contributed by atoms with Crippen molar-refractivity contribution >= 4 is 29.9 Å². The molecule has 0 radical (unpaired) electrons. The molecular weight excluding hydrogens is 421 g/mol. The zero-order chi connectivity index (χ0) is 17.1. The first-order chi connectivity index (χ1) is 11.2. The second kappa shape index (κ2) is 13.1. The van der Waals surface area contributed by atoms with Crippen molar-refractivity contribution in [1.82, 2.24) is 10.2 Å². The first-order valence-corrected chi connectivity index (χ1v) is 7.77. The third-order valence-electron chi connectivity index (χ3n) is 3.57. The molecule has 7 heteroatoms. The van der Waals surface area contributed by atoms with Gasteiger partial charge in [-0.2, -0.15) is 0 Å². The van der Waals surface area contributed by atoms with Gasteiger partial charge in [0.15, 0.2) is 17.5 Å². The summed E-state index contributed by atoms with van der Waals surface area (Å²) in [5, 5.41) is 3.33. The number of hydrogen-bond donors (Lipinski definition) is 1. The van der Waals surface area contributed by atoms with Gasteiger partial charge in [-0.15, -0.1) is 24.0 Å². The molecule has 0 unspecified atom stereocenters. The van der Waals surface area contributed by atoms with Crippen LogP contribution in [-0.2, 0) is 11.2 Å². The van der Waals surface area contributed by atoms with Crippen molar-refractivity contribution < 1.29 is 14.2 Å². The molecule has 0 heterocycles. The van der Waals surface area contributed by atoms with Crippen molar-refractivity contribution in [3.63, 3.8) is 0 Å². The summed E-state index contributed by atoms with van der Waals surface area (Å²) in [5.74, 6) is 2.40. The van der Waals surface area contributed by atoms with Gasteiger partial charge in [0.05, 0.1) is 14.2 Å². The lowest BCUT2D eigenvalue weighted by Crippen LogP contribution is -2.40. The van der Waals surface area contributed by atoms with Crippen LogP contribution in [0.3, 0.4) is 0 Å². The van der Waals surface area contributed by atoms with Crippen LogP contribution in [0.5, 0.6) is 11.5 Å². The van der Waals surface area contributed by atoms with E-state index in [1.165, 1.54) is 5.56 Å². The zero-order valence-corrected chi connectivity index (χ0v) is 17.6. The highest BCUT2D eigenvalue weighted by atomic mass is 127. The van der Waals surface area contributed by atoms with Crippen LogP contribution >= 0.6 is 24.0 Å². The fourth-order valence-electron chi connectivity index (χ4n) is 2.24. The van der Waals surface area contributed by atoms with Gasteiger partial charge < -0.3 is 24.4 Å². The Morgan fingerprint density at radius 1 is 1.17 bits per heavy atom. The lowest BCUT2D eigenvalue weighted by molar-refractivity contribution is 0.195. The van der Waals surface area contributed by atoms with Crippen LogP contribution in [-0.4, -0.2) is 66.0 Å². The monoisotopic (exact) mass is 451 g/mol. The number of nitrogens with zero attached hydrogens (tertiary/aromatic N) is 2. The van der Waals surface area contributed by atoms with Crippen molar-refractivity contribution in [2.24, 2.45) is 4.99 Å². The second-order valence-electron chi connectivity index (χ2n) is 5.18. The molecule has 0 aromatic heterocycles. The molecule has 0 fully saturated rings. The summed E-state index contributed by atoms with van der Waals surface area (Å²) >= 11 is 0. The number of halogens is 1. The Hall–Kier alpha value is -1.22. The number of benzene rings is 1. The molecule has 1 N–H and O–H groups in total. The van der Waals surface area contributed by atoms with Gasteiger partial charge in [0.25, 0.3) is 0 Å². The molecule has 1 aromatic carbocycles. The lowest BCUT2D eigenvalue weighted by Gasteiger charge is -2.22. The van der Waals surface area contributed by atoms with Crippen molar-refractivity contribution in [3.05, 3.63) is 23.8 Å². The number of rotatable bonds is 9. The van der Waals surface area contributed by atoms with Gasteiger partial charge in [-0.1, -0.05) is 6.07 Å². The fourth-order valence-corrected chi connectivity index (χ4v) is 2.24. The summed E-state index contributed by atoms with van der Waals surface area (Å²) in [7, 11) is 8.84. The van der Waals surface area contributed by atoms with E-state index in [2.05, 4.69) is 21.3 Å². The SMILES string of the molecule is CN=C(NCCCOC)N(C)CCc1ccc(OC)c(OC)c1.I. The van der Waals surface area contributed by atoms with Crippen LogP contribution < -0.4 is 14.8 Å². The Bertz CT molecular complexity index is 498. The molecule has 0 aliphatic heterocycles. The number of hydrogen-bond acceptors (Lipinski definition) is 4. The van der Waals surface area contributed by atoms with E-state index >= 15 is 0 Å². The number of aliphatic imine (C=N–C) groups is 1. The van der Waals surface area contributed by atoms with Crippen molar-refractivity contribution in [1.29, 1.82) is 0 Å². The summed E-state index contributed by atoms with van der Waals surface area (Å²) in [6, 6.07) is 6.01. The standard InChI is InChI=1S/C17H29N3O3.HI/c1-18-17(19-10-6-12-21-3)20(2)11-9-14-7-8-15(22-4)16(13-14)23-5;/h7-8,13H,6,9-12H2,1-5H3,(H,18,19);1H. The fraction of sp³-hybridized carbons (Fsp3) is 0.588. The van der Waals surface area contributed by atoms with Gasteiger partial charge in [0.2, 0.25) is 0 Å². The van der Waals surface area contributed by atoms with Crippen molar-refractivity contribution in [2.45, 2.75) is 12.8 Å². The van der Waals surface area contributed by atoms with E-state index < -0.39 is 0 Å². The minimum absolute atomic E-state index is 0. The molecule has 0 aliphatic rings. The van der Waals surface area contributed by atoms with Crippen LogP contribution in [0.15, 0.2) is 23.2 Å². The Kier molecular flexibility index (Phi) is 12.4. The average Bonchev–Trinajstić information content (AvgIpc) is 2.59. The molecule has 0 atom stereocenters. The van der Waals surface area contributed by atoms with Gasteiger partial charge >= 0.3 is 0 Å². The first kappa shape index (κ1) is 22.8. The summed E-state index contributed by atoms with van der Waals surface area (Å²) in [6.07, 6.45) is 1.86. The quantitative estimate of drug-likeness (QED) is 0.271. The smallest absolute Gasteiger partial charge is 0.193 e. The minimum atomic E-state index is 0. The molecule has 0 saturated carbocycles. The maximum atomic E-state index is 5.34. The third-order valence-corrected chi connectivity index (χ3v) is 3.57. The lowest BCUT2D eigenvalue weighted by atomic mass is 10.1. The molecule has 138 valence electrons. The Balaban J connectivity index is 0.00000529. The molecular formula is C17H30IN3O3. The van der Waals surface area contributed by atoms with Gasteiger partial charge in [-0.05, 0) is 30.5 Å². The van der Waals surface area contributed by atoms with E-state index in [-0.39, 0.29) is 24.0 Å². The minimum Gasteiger partial charge on any atom is -0.493 e. The molecule has 0 saturated heterocycles. The van der Waals surface area contributed by atoms with Crippen LogP contribution in [0.1, 0.15) is 12.0 Å². The first-order valence-electron chi connectivity index (χ1n) is 7.77. The summed E-state index contributed by atoms with van der Waals surface area (Å²) in [4.78, 5) is 6.42. The van der Waals surface area contributed by atoms with Gasteiger partial charge in [-0.25, -0.2) is 0 Å². The third kappa shape index (κ3) is 7.57. The van der Waals surface area contributed by atoms with E-state index in [1.807, 2.05) is 19.2 Å². The van der Waals surface area contributed by atoms with E-state index in [9.17, 15) is 0 Å². The largest absolute Gasteiger partial charge is 0.493 e. The zero-order valence-electron chi connectivity index (χ0n) is 15.3. The highest BCUT2D eigenvalue weighted by Crippen LogP contribution is 2.27. The molecule has 0 bridgehead atoms. The predicted molar refractivity (Wildman–Crippen MR) is 109 cm³/mol. The Morgan fingerprint density at radius 2 is 1.88 bits per heavy atom. The number of methoxy groups -OCH3 is 3. The van der Waals surface area contributed by atoms with E-state index in [1.54, 1.807) is 28.4 Å². The molecule has 6 nitrogen and oxygen atoms in total. The number of likely N-dealkylation sites (N-methyl/N-ethyl adjacent to an activating group) is 1. The normalized spacial score (nSPS) is 10.8. The molecule has 0 spiro atoms. The highest BCUT2D eigenvalue weighted by molar-refractivity contribution is 14.0. The van der Waals surface area contributed by atoms with Gasteiger partial charge in [0.1, 0.15) is 0 Å². The van der Waals surface area contributed by atoms with Crippen LogP contribution in [0, 0.1) is 0 Å². The summed E-state index contributed by atoms with van der Waals surface area (Å²) in [5.41, 5.74) is 1.20. The molecule has 0 aliphatic carbocycles. The number of guanidine groups is 1. The van der Waals surface area contributed by atoms with Gasteiger partial charge in [0, 0.05) is 40.9 Å². The van der Waals surface area contributed by atoms with Gasteiger partial charge in [-0.3, -0.25) is 4.99 Å².